The summed E-state index contributed by atoms with van der Waals surface area (Å²) >= 11 is 0. The second kappa shape index (κ2) is 12.0. The number of amides is 1. The molecule has 0 atom stereocenters. The van der Waals surface area contributed by atoms with Crippen LogP contribution in [0, 0.1) is 0 Å². The highest BCUT2D eigenvalue weighted by atomic mass is 16.2. The molecule has 1 amide bonds. The van der Waals surface area contributed by atoms with E-state index in [1.165, 1.54) is 19.3 Å². The molecule has 0 aliphatic carbocycles. The zero-order valence-corrected chi connectivity index (χ0v) is 14.2. The van der Waals surface area contributed by atoms with Crippen molar-refractivity contribution in [3.05, 3.63) is 12.2 Å². The van der Waals surface area contributed by atoms with Crippen LogP contribution in [0.4, 0.5) is 0 Å². The average molecular weight is 282 g/mol. The Labute approximate surface area is 126 Å². The van der Waals surface area contributed by atoms with Gasteiger partial charge in [0.25, 0.3) is 0 Å². The van der Waals surface area contributed by atoms with Gasteiger partial charge in [-0.3, -0.25) is 4.79 Å². The number of hydrogen-bond acceptors (Lipinski definition) is 2. The Bertz CT molecular complexity index is 270. The van der Waals surface area contributed by atoms with Crippen molar-refractivity contribution in [3.8, 4) is 0 Å². The van der Waals surface area contributed by atoms with Crippen molar-refractivity contribution in [3.63, 3.8) is 0 Å². The van der Waals surface area contributed by atoms with Crippen molar-refractivity contribution >= 4 is 5.91 Å². The molecule has 0 saturated carbocycles. The third kappa shape index (κ3) is 8.36. The van der Waals surface area contributed by atoms with Crippen molar-refractivity contribution in [2.24, 2.45) is 0 Å². The molecule has 0 aromatic heterocycles. The Morgan fingerprint density at radius 1 is 1.05 bits per heavy atom. The topological polar surface area (TPSA) is 23.6 Å². The number of unbranched alkanes of at least 4 members (excludes halogenated alkanes) is 3. The van der Waals surface area contributed by atoms with Gasteiger partial charge in [-0.1, -0.05) is 46.1 Å². The van der Waals surface area contributed by atoms with Gasteiger partial charge in [-0.05, 0) is 33.4 Å². The van der Waals surface area contributed by atoms with Gasteiger partial charge >= 0.3 is 0 Å². The van der Waals surface area contributed by atoms with Gasteiger partial charge in [0, 0.05) is 25.2 Å². The summed E-state index contributed by atoms with van der Waals surface area (Å²) < 4.78 is 0. The van der Waals surface area contributed by atoms with Crippen LogP contribution in [-0.2, 0) is 4.79 Å². The fourth-order valence-corrected chi connectivity index (χ4v) is 2.37. The quantitative estimate of drug-likeness (QED) is 0.426. The minimum atomic E-state index is 0.178. The highest BCUT2D eigenvalue weighted by Gasteiger charge is 2.18. The molecule has 0 unspecified atom stereocenters. The summed E-state index contributed by atoms with van der Waals surface area (Å²) in [5, 5.41) is 0. The smallest absolute Gasteiger partial charge is 0.246 e. The van der Waals surface area contributed by atoms with Crippen molar-refractivity contribution in [1.29, 1.82) is 0 Å². The van der Waals surface area contributed by atoms with Crippen molar-refractivity contribution in [2.75, 3.05) is 27.2 Å². The first kappa shape index (κ1) is 19.2. The Hall–Kier alpha value is -0.830. The lowest BCUT2D eigenvalue weighted by atomic mass is 10.1. The molecule has 0 saturated heterocycles. The van der Waals surface area contributed by atoms with Gasteiger partial charge in [0.1, 0.15) is 0 Å². The highest BCUT2D eigenvalue weighted by Crippen LogP contribution is 2.12. The summed E-state index contributed by atoms with van der Waals surface area (Å²) in [6.45, 7) is 8.28. The molecule has 0 rings (SSSR count). The minimum Gasteiger partial charge on any atom is -0.336 e. The fourth-order valence-electron chi connectivity index (χ4n) is 2.37. The highest BCUT2D eigenvalue weighted by molar-refractivity contribution is 5.87. The second-order valence-electron chi connectivity index (χ2n) is 5.73. The molecule has 0 N–H and O–H groups in total. The van der Waals surface area contributed by atoms with Crippen LogP contribution >= 0.6 is 0 Å². The summed E-state index contributed by atoms with van der Waals surface area (Å²) in [4.78, 5) is 16.5. The van der Waals surface area contributed by atoms with Crippen LogP contribution in [0.1, 0.15) is 59.3 Å². The van der Waals surface area contributed by atoms with Crippen LogP contribution in [0.5, 0.6) is 0 Å². The van der Waals surface area contributed by atoms with Crippen LogP contribution < -0.4 is 0 Å². The maximum Gasteiger partial charge on any atom is 0.246 e. The Morgan fingerprint density at radius 2 is 1.70 bits per heavy atom. The molecule has 20 heavy (non-hydrogen) atoms. The lowest BCUT2D eigenvalue weighted by Crippen LogP contribution is -2.39. The molecule has 0 aromatic carbocycles. The Balaban J connectivity index is 4.49. The predicted molar refractivity (Wildman–Crippen MR) is 87.9 cm³/mol. The molecule has 0 aliphatic rings. The molecule has 0 radical (unpaired) electrons. The number of carbonyl (C=O) groups is 1. The normalized spacial score (nSPS) is 11.8. The first-order chi connectivity index (χ1) is 9.56. The second-order valence-corrected chi connectivity index (χ2v) is 5.73. The molecule has 0 bridgehead atoms. The largest absolute Gasteiger partial charge is 0.336 e. The van der Waals surface area contributed by atoms with Crippen LogP contribution in [0.15, 0.2) is 12.2 Å². The third-order valence-electron chi connectivity index (χ3n) is 3.65. The average Bonchev–Trinajstić information content (AvgIpc) is 2.42. The van der Waals surface area contributed by atoms with Crippen molar-refractivity contribution in [1.82, 2.24) is 9.80 Å². The van der Waals surface area contributed by atoms with Crippen LogP contribution in [-0.4, -0.2) is 48.9 Å². The standard InChI is InChI=1S/C17H34N2O/c1-6-9-10-11-15-19(16(7-2)8-3)17(20)13-12-14-18(4)5/h12-13,16H,6-11,14-15H2,1-5H3/b13-12+. The van der Waals surface area contributed by atoms with E-state index in [4.69, 9.17) is 0 Å². The molecule has 3 heteroatoms. The van der Waals surface area contributed by atoms with Gasteiger partial charge in [0.2, 0.25) is 5.91 Å². The predicted octanol–water partition coefficient (Wildman–Crippen LogP) is 3.70. The number of rotatable bonds is 11. The van der Waals surface area contributed by atoms with E-state index in [1.54, 1.807) is 6.08 Å². The number of likely N-dealkylation sites (N-methyl/N-ethyl adjacent to an activating group) is 1. The molecule has 0 fully saturated rings. The van der Waals surface area contributed by atoms with Gasteiger partial charge in [-0.25, -0.2) is 0 Å². The number of hydrogen-bond donors (Lipinski definition) is 0. The van der Waals surface area contributed by atoms with E-state index in [2.05, 4.69) is 30.6 Å². The fraction of sp³-hybridized carbons (Fsp3) is 0.824. The van der Waals surface area contributed by atoms with E-state index in [-0.39, 0.29) is 5.91 Å². The molecular formula is C17H34N2O. The molecule has 3 nitrogen and oxygen atoms in total. The van der Waals surface area contributed by atoms with Crippen molar-refractivity contribution < 1.29 is 4.79 Å². The van der Waals surface area contributed by atoms with Crippen LogP contribution in [0.3, 0.4) is 0 Å². The minimum absolute atomic E-state index is 0.178. The Morgan fingerprint density at radius 3 is 2.20 bits per heavy atom. The summed E-state index contributed by atoms with van der Waals surface area (Å²) in [5.41, 5.74) is 0. The van der Waals surface area contributed by atoms with Crippen molar-refractivity contribution in [2.45, 2.75) is 65.3 Å². The number of carbonyl (C=O) groups excluding carboxylic acids is 1. The van der Waals surface area contributed by atoms with Gasteiger partial charge in [-0.15, -0.1) is 0 Å². The molecule has 118 valence electrons. The van der Waals surface area contributed by atoms with Crippen LogP contribution in [0.25, 0.3) is 0 Å². The van der Waals surface area contributed by atoms with E-state index >= 15 is 0 Å². The summed E-state index contributed by atoms with van der Waals surface area (Å²) in [5.74, 6) is 0.178. The summed E-state index contributed by atoms with van der Waals surface area (Å²) in [7, 11) is 4.02. The van der Waals surface area contributed by atoms with Gasteiger partial charge in [-0.2, -0.15) is 0 Å². The SMILES string of the molecule is CCCCCCN(C(=O)/C=C/CN(C)C)C(CC)CC. The lowest BCUT2D eigenvalue weighted by molar-refractivity contribution is -0.128. The van der Waals surface area contributed by atoms with Gasteiger partial charge in [0.15, 0.2) is 0 Å². The van der Waals surface area contributed by atoms with E-state index in [9.17, 15) is 4.79 Å². The first-order valence-electron chi connectivity index (χ1n) is 8.18. The zero-order chi connectivity index (χ0) is 15.4. The van der Waals surface area contributed by atoms with E-state index in [0.717, 1.165) is 32.4 Å². The lowest BCUT2D eigenvalue weighted by Gasteiger charge is -2.29. The third-order valence-corrected chi connectivity index (χ3v) is 3.65. The first-order valence-corrected chi connectivity index (χ1v) is 8.18. The van der Waals surface area contributed by atoms with E-state index in [0.29, 0.717) is 6.04 Å². The Kier molecular flexibility index (Phi) is 11.5. The molecular weight excluding hydrogens is 248 g/mol. The maximum atomic E-state index is 12.4. The molecule has 0 heterocycles. The number of nitrogens with zero attached hydrogens (tertiary/aromatic N) is 2. The van der Waals surface area contributed by atoms with Gasteiger partial charge < -0.3 is 9.80 Å². The van der Waals surface area contributed by atoms with Crippen LogP contribution in [0.2, 0.25) is 0 Å². The van der Waals surface area contributed by atoms with Gasteiger partial charge in [0.05, 0.1) is 0 Å². The zero-order valence-electron chi connectivity index (χ0n) is 14.2. The molecule has 0 aromatic rings. The molecule has 0 spiro atoms. The van der Waals surface area contributed by atoms with E-state index < -0.39 is 0 Å². The summed E-state index contributed by atoms with van der Waals surface area (Å²) in [6.07, 6.45) is 10.6. The van der Waals surface area contributed by atoms with E-state index in [1.807, 2.05) is 20.2 Å². The monoisotopic (exact) mass is 282 g/mol. The summed E-state index contributed by atoms with van der Waals surface area (Å²) in [6, 6.07) is 0.383. The maximum absolute atomic E-state index is 12.4. The molecule has 0 aliphatic heterocycles.